The minimum atomic E-state index is 0.0315. The van der Waals surface area contributed by atoms with Gasteiger partial charge < -0.3 is 9.88 Å². The number of carbonyl (C=O) groups is 1. The van der Waals surface area contributed by atoms with Crippen molar-refractivity contribution in [2.45, 2.75) is 26.3 Å². The number of aryl methyl sites for hydroxylation is 2. The summed E-state index contributed by atoms with van der Waals surface area (Å²) < 4.78 is 2.09. The molecule has 0 radical (unpaired) electrons. The van der Waals surface area contributed by atoms with Crippen molar-refractivity contribution >= 4 is 22.9 Å². The van der Waals surface area contributed by atoms with Crippen LogP contribution in [0.5, 0.6) is 0 Å². The molecule has 1 amide bonds. The molecule has 2 aromatic heterocycles. The Balaban J connectivity index is 1.76. The van der Waals surface area contributed by atoms with Crippen LogP contribution in [0.1, 0.15) is 28.5 Å². The number of nitrogens with one attached hydrogen (secondary N) is 1. The summed E-state index contributed by atoms with van der Waals surface area (Å²) >= 11 is 1.68. The van der Waals surface area contributed by atoms with E-state index in [-0.39, 0.29) is 11.9 Å². The van der Waals surface area contributed by atoms with Crippen molar-refractivity contribution in [1.29, 1.82) is 0 Å². The van der Waals surface area contributed by atoms with Crippen molar-refractivity contribution in [1.82, 2.24) is 4.57 Å². The summed E-state index contributed by atoms with van der Waals surface area (Å²) in [5.41, 5.74) is 3.18. The van der Waals surface area contributed by atoms with E-state index in [9.17, 15) is 4.79 Å². The van der Waals surface area contributed by atoms with Crippen LogP contribution in [0.2, 0.25) is 0 Å². The Morgan fingerprint density at radius 3 is 2.61 bits per heavy atom. The van der Waals surface area contributed by atoms with E-state index in [2.05, 4.69) is 28.9 Å². The highest BCUT2D eigenvalue weighted by Gasteiger charge is 2.18. The minimum absolute atomic E-state index is 0.0315. The van der Waals surface area contributed by atoms with Gasteiger partial charge in [0.15, 0.2) is 0 Å². The zero-order chi connectivity index (χ0) is 16.2. The molecule has 0 aliphatic heterocycles. The fourth-order valence-corrected chi connectivity index (χ4v) is 3.55. The first kappa shape index (κ1) is 15.6. The van der Waals surface area contributed by atoms with Crippen LogP contribution in [0.25, 0.3) is 0 Å². The molecule has 0 bridgehead atoms. The van der Waals surface area contributed by atoms with E-state index >= 15 is 0 Å². The van der Waals surface area contributed by atoms with Gasteiger partial charge in [-0.15, -0.1) is 11.3 Å². The van der Waals surface area contributed by atoms with Crippen LogP contribution in [-0.2, 0) is 4.79 Å². The molecule has 2 heterocycles. The molecule has 1 unspecified atom stereocenters. The number of amides is 1. The maximum Gasteiger partial charge on any atom is 0.226 e. The molecule has 3 aromatic rings. The Bertz CT molecular complexity index is 742. The number of benzene rings is 1. The molecular weight excluding hydrogens is 304 g/mol. The van der Waals surface area contributed by atoms with Crippen LogP contribution in [0.15, 0.2) is 60.2 Å². The average molecular weight is 324 g/mol. The number of hydrogen-bond donors (Lipinski definition) is 1. The highest BCUT2D eigenvalue weighted by atomic mass is 32.1. The number of aromatic nitrogens is 1. The van der Waals surface area contributed by atoms with Gasteiger partial charge in [0.2, 0.25) is 5.91 Å². The average Bonchev–Trinajstić information content (AvgIpc) is 3.21. The van der Waals surface area contributed by atoms with Gasteiger partial charge in [-0.2, -0.15) is 0 Å². The quantitative estimate of drug-likeness (QED) is 0.719. The first-order chi connectivity index (χ1) is 11.1. The molecular formula is C19H20N2OS. The predicted octanol–water partition coefficient (Wildman–Crippen LogP) is 4.78. The highest BCUT2D eigenvalue weighted by Crippen LogP contribution is 2.27. The first-order valence-electron chi connectivity index (χ1n) is 7.66. The molecule has 3 rings (SSSR count). The molecule has 0 aliphatic carbocycles. The smallest absolute Gasteiger partial charge is 0.226 e. The number of carbonyl (C=O) groups excluding carboxylic acids is 1. The normalized spacial score (nSPS) is 12.1. The lowest BCUT2D eigenvalue weighted by Gasteiger charge is -2.18. The molecule has 0 saturated carbocycles. The summed E-state index contributed by atoms with van der Waals surface area (Å²) in [4.78, 5) is 13.7. The molecule has 1 N–H and O–H groups in total. The van der Waals surface area contributed by atoms with Crippen molar-refractivity contribution < 1.29 is 4.79 Å². The van der Waals surface area contributed by atoms with Crippen LogP contribution in [0.4, 0.5) is 5.69 Å². The van der Waals surface area contributed by atoms with Crippen molar-refractivity contribution in [3.63, 3.8) is 0 Å². The SMILES string of the molecule is Cc1ccc(NC(=O)CC(c2cccs2)n2cccc2)c(C)c1. The van der Waals surface area contributed by atoms with Gasteiger partial charge in [0.25, 0.3) is 0 Å². The molecule has 23 heavy (non-hydrogen) atoms. The van der Waals surface area contributed by atoms with Crippen molar-refractivity contribution in [3.8, 4) is 0 Å². The van der Waals surface area contributed by atoms with Crippen LogP contribution < -0.4 is 5.32 Å². The van der Waals surface area contributed by atoms with E-state index in [0.717, 1.165) is 11.3 Å². The van der Waals surface area contributed by atoms with Gasteiger partial charge in [0, 0.05) is 23.0 Å². The monoisotopic (exact) mass is 324 g/mol. The molecule has 4 heteroatoms. The van der Waals surface area contributed by atoms with Crippen molar-refractivity contribution in [2.24, 2.45) is 0 Å². The van der Waals surface area contributed by atoms with Gasteiger partial charge >= 0.3 is 0 Å². The zero-order valence-electron chi connectivity index (χ0n) is 13.3. The maximum absolute atomic E-state index is 12.5. The Morgan fingerprint density at radius 1 is 1.17 bits per heavy atom. The largest absolute Gasteiger partial charge is 0.346 e. The number of nitrogens with zero attached hydrogens (tertiary/aromatic N) is 1. The fraction of sp³-hybridized carbons (Fsp3) is 0.211. The predicted molar refractivity (Wildman–Crippen MR) is 96.1 cm³/mol. The summed E-state index contributed by atoms with van der Waals surface area (Å²) in [6.45, 7) is 4.07. The summed E-state index contributed by atoms with van der Waals surface area (Å²) in [7, 11) is 0. The molecule has 0 spiro atoms. The van der Waals surface area contributed by atoms with Crippen LogP contribution in [0, 0.1) is 13.8 Å². The molecule has 0 saturated heterocycles. The summed E-state index contributed by atoms with van der Waals surface area (Å²) in [6.07, 6.45) is 4.44. The van der Waals surface area contributed by atoms with Crippen LogP contribution in [0.3, 0.4) is 0 Å². The van der Waals surface area contributed by atoms with Gasteiger partial charge in [-0.25, -0.2) is 0 Å². The number of rotatable bonds is 5. The molecule has 3 nitrogen and oxygen atoms in total. The van der Waals surface area contributed by atoms with Crippen LogP contribution in [-0.4, -0.2) is 10.5 Å². The highest BCUT2D eigenvalue weighted by molar-refractivity contribution is 7.10. The van der Waals surface area contributed by atoms with Gasteiger partial charge in [-0.1, -0.05) is 23.8 Å². The zero-order valence-corrected chi connectivity index (χ0v) is 14.1. The molecule has 0 aliphatic rings. The van der Waals surface area contributed by atoms with Crippen LogP contribution >= 0.6 is 11.3 Å². The van der Waals surface area contributed by atoms with Gasteiger partial charge in [0.1, 0.15) is 0 Å². The van der Waals surface area contributed by atoms with Gasteiger partial charge in [-0.05, 0) is 49.1 Å². The molecule has 1 aromatic carbocycles. The second kappa shape index (κ2) is 6.84. The Hall–Kier alpha value is -2.33. The fourth-order valence-electron chi connectivity index (χ4n) is 2.72. The third-order valence-electron chi connectivity index (χ3n) is 3.89. The summed E-state index contributed by atoms with van der Waals surface area (Å²) in [6, 6.07) is 14.2. The van der Waals surface area contributed by atoms with E-state index in [1.54, 1.807) is 11.3 Å². The minimum Gasteiger partial charge on any atom is -0.346 e. The number of thiophene rings is 1. The summed E-state index contributed by atoms with van der Waals surface area (Å²) in [5.74, 6) is 0.0315. The van der Waals surface area contributed by atoms with E-state index in [1.165, 1.54) is 10.4 Å². The van der Waals surface area contributed by atoms with Crippen molar-refractivity contribution in [3.05, 3.63) is 76.2 Å². The van der Waals surface area contributed by atoms with E-state index in [0.29, 0.717) is 6.42 Å². The molecule has 0 fully saturated rings. The van der Waals surface area contributed by atoms with Gasteiger partial charge in [-0.3, -0.25) is 4.79 Å². The van der Waals surface area contributed by atoms with E-state index in [1.807, 2.05) is 55.0 Å². The molecule has 118 valence electrons. The third kappa shape index (κ3) is 3.71. The van der Waals surface area contributed by atoms with E-state index < -0.39 is 0 Å². The lowest BCUT2D eigenvalue weighted by atomic mass is 10.1. The first-order valence-corrected chi connectivity index (χ1v) is 8.54. The topological polar surface area (TPSA) is 34.0 Å². The Labute approximate surface area is 140 Å². The molecule has 1 atom stereocenters. The third-order valence-corrected chi connectivity index (χ3v) is 4.87. The second-order valence-electron chi connectivity index (χ2n) is 5.73. The second-order valence-corrected chi connectivity index (χ2v) is 6.71. The van der Waals surface area contributed by atoms with Gasteiger partial charge in [0.05, 0.1) is 12.5 Å². The Kier molecular flexibility index (Phi) is 4.63. The Morgan fingerprint density at radius 2 is 1.96 bits per heavy atom. The maximum atomic E-state index is 12.5. The van der Waals surface area contributed by atoms with Crippen molar-refractivity contribution in [2.75, 3.05) is 5.32 Å². The lowest BCUT2D eigenvalue weighted by molar-refractivity contribution is -0.116. The standard InChI is InChI=1S/C19H20N2OS/c1-14-7-8-16(15(2)12-14)20-19(22)13-17(18-6-5-11-23-18)21-9-3-4-10-21/h3-12,17H,13H2,1-2H3,(H,20,22). The summed E-state index contributed by atoms with van der Waals surface area (Å²) in [5, 5.41) is 5.09. The number of anilines is 1. The number of hydrogen-bond acceptors (Lipinski definition) is 2. The lowest BCUT2D eigenvalue weighted by Crippen LogP contribution is -2.19. The van der Waals surface area contributed by atoms with E-state index in [4.69, 9.17) is 0 Å².